The van der Waals surface area contributed by atoms with Crippen LogP contribution in [0.15, 0.2) is 109 Å². The number of amides is 1. The molecule has 202 valence electrons. The van der Waals surface area contributed by atoms with Crippen LogP contribution in [0.3, 0.4) is 0 Å². The first-order valence-electron chi connectivity index (χ1n) is 13.4. The van der Waals surface area contributed by atoms with Crippen LogP contribution in [0.2, 0.25) is 10.0 Å². The number of hydrogen-bond donors (Lipinski definition) is 0. The normalized spacial score (nSPS) is 19.1. The Bertz CT molecular complexity index is 1440. The maximum Gasteiger partial charge on any atom is 0.239 e. The standard InChI is InChI=1S/C33H29Cl2N3OS/c34-27-15-11-25(12-16-27)22-36-19-20-37(23-26-13-17-28(35)18-14-26)33(36)30(21-24-7-3-1-4-8-24)31(39)38(32(33)40)29-9-5-2-6-10-29/h1-18,30H,19-23H2. The molecule has 1 atom stereocenters. The molecule has 2 heterocycles. The number of carbonyl (C=O) groups is 1. The van der Waals surface area contributed by atoms with Gasteiger partial charge in [-0.05, 0) is 59.5 Å². The monoisotopic (exact) mass is 585 g/mol. The van der Waals surface area contributed by atoms with Gasteiger partial charge in [0.1, 0.15) is 10.7 Å². The summed E-state index contributed by atoms with van der Waals surface area (Å²) in [6.45, 7) is 2.85. The van der Waals surface area contributed by atoms with E-state index in [4.69, 9.17) is 35.4 Å². The molecule has 4 nitrogen and oxygen atoms in total. The van der Waals surface area contributed by atoms with Gasteiger partial charge in [-0.3, -0.25) is 19.5 Å². The van der Waals surface area contributed by atoms with Gasteiger partial charge in [-0.15, -0.1) is 0 Å². The largest absolute Gasteiger partial charge is 0.274 e. The van der Waals surface area contributed by atoms with E-state index < -0.39 is 11.6 Å². The Labute approximate surface area is 250 Å². The summed E-state index contributed by atoms with van der Waals surface area (Å²) in [5.41, 5.74) is 3.38. The van der Waals surface area contributed by atoms with Gasteiger partial charge in [0.15, 0.2) is 0 Å². The molecule has 1 spiro atoms. The third kappa shape index (κ3) is 4.98. The van der Waals surface area contributed by atoms with Gasteiger partial charge < -0.3 is 0 Å². The lowest BCUT2D eigenvalue weighted by Gasteiger charge is -2.44. The second-order valence-electron chi connectivity index (χ2n) is 10.4. The molecule has 2 aliphatic rings. The van der Waals surface area contributed by atoms with Gasteiger partial charge in [0.25, 0.3) is 0 Å². The second-order valence-corrected chi connectivity index (χ2v) is 11.6. The number of anilines is 1. The Balaban J connectivity index is 1.49. The first-order chi connectivity index (χ1) is 19.5. The highest BCUT2D eigenvalue weighted by molar-refractivity contribution is 7.81. The molecule has 2 saturated heterocycles. The van der Waals surface area contributed by atoms with Crippen molar-refractivity contribution in [2.75, 3.05) is 18.0 Å². The molecule has 2 fully saturated rings. The van der Waals surface area contributed by atoms with Crippen LogP contribution in [-0.2, 0) is 24.3 Å². The zero-order valence-electron chi connectivity index (χ0n) is 21.9. The molecule has 1 amide bonds. The van der Waals surface area contributed by atoms with E-state index in [1.54, 1.807) is 4.90 Å². The van der Waals surface area contributed by atoms with Crippen molar-refractivity contribution < 1.29 is 4.79 Å². The van der Waals surface area contributed by atoms with Crippen LogP contribution in [0.25, 0.3) is 0 Å². The Morgan fingerprint density at radius 2 is 1.15 bits per heavy atom. The van der Waals surface area contributed by atoms with E-state index in [-0.39, 0.29) is 5.91 Å². The number of halogens is 2. The fraction of sp³-hybridized carbons (Fsp3) is 0.212. The smallest absolute Gasteiger partial charge is 0.239 e. The lowest BCUT2D eigenvalue weighted by Crippen LogP contribution is -2.61. The lowest BCUT2D eigenvalue weighted by molar-refractivity contribution is -0.125. The molecule has 7 heteroatoms. The SMILES string of the molecule is O=C1C(Cc2ccccc2)C2(C(=S)N1c1ccccc1)N(Cc1ccc(Cl)cc1)CCN2Cc1ccc(Cl)cc1. The summed E-state index contributed by atoms with van der Waals surface area (Å²) in [5, 5.41) is 1.40. The number of rotatable bonds is 7. The highest BCUT2D eigenvalue weighted by atomic mass is 35.5. The topological polar surface area (TPSA) is 26.8 Å². The van der Waals surface area contributed by atoms with E-state index in [1.165, 1.54) is 0 Å². The van der Waals surface area contributed by atoms with Gasteiger partial charge in [0.2, 0.25) is 5.91 Å². The maximum absolute atomic E-state index is 14.5. The molecule has 0 bridgehead atoms. The minimum atomic E-state index is -0.794. The summed E-state index contributed by atoms with van der Waals surface area (Å²) in [5.74, 6) is -0.367. The minimum absolute atomic E-state index is 0.0316. The zero-order valence-corrected chi connectivity index (χ0v) is 24.2. The van der Waals surface area contributed by atoms with Crippen LogP contribution in [0.5, 0.6) is 0 Å². The average Bonchev–Trinajstić information content (AvgIpc) is 3.42. The predicted molar refractivity (Wildman–Crippen MR) is 167 cm³/mol. The molecule has 0 radical (unpaired) electrons. The van der Waals surface area contributed by atoms with E-state index in [2.05, 4.69) is 46.2 Å². The first-order valence-corrected chi connectivity index (χ1v) is 14.6. The minimum Gasteiger partial charge on any atom is -0.274 e. The van der Waals surface area contributed by atoms with Crippen molar-refractivity contribution in [3.8, 4) is 0 Å². The van der Waals surface area contributed by atoms with Crippen molar-refractivity contribution in [2.24, 2.45) is 5.92 Å². The third-order valence-corrected chi connectivity index (χ3v) is 8.98. The van der Waals surface area contributed by atoms with Crippen LogP contribution >= 0.6 is 35.4 Å². The Hall–Kier alpha value is -3.06. The molecule has 6 rings (SSSR count). The summed E-state index contributed by atoms with van der Waals surface area (Å²) in [4.78, 5) is 21.7. The molecule has 2 aliphatic heterocycles. The lowest BCUT2D eigenvalue weighted by atomic mass is 9.86. The van der Waals surface area contributed by atoms with Gasteiger partial charge in [0, 0.05) is 41.9 Å². The maximum atomic E-state index is 14.5. The fourth-order valence-electron chi connectivity index (χ4n) is 6.16. The van der Waals surface area contributed by atoms with Crippen molar-refractivity contribution in [2.45, 2.75) is 25.2 Å². The predicted octanol–water partition coefficient (Wildman–Crippen LogP) is 7.24. The number of hydrogen-bond acceptors (Lipinski definition) is 4. The molecule has 4 aromatic carbocycles. The number of thiocarbonyl (C=S) groups is 1. The van der Waals surface area contributed by atoms with E-state index in [0.717, 1.165) is 35.5 Å². The van der Waals surface area contributed by atoms with Gasteiger partial charge >= 0.3 is 0 Å². The number of para-hydroxylation sites is 1. The van der Waals surface area contributed by atoms with Crippen LogP contribution in [-0.4, -0.2) is 39.4 Å². The summed E-state index contributed by atoms with van der Waals surface area (Å²) in [7, 11) is 0. The summed E-state index contributed by atoms with van der Waals surface area (Å²) < 4.78 is 0. The summed E-state index contributed by atoms with van der Waals surface area (Å²) >= 11 is 18.8. The van der Waals surface area contributed by atoms with Crippen molar-refractivity contribution in [1.82, 2.24) is 9.80 Å². The summed E-state index contributed by atoms with van der Waals surface area (Å²) in [6, 6.07) is 35.9. The van der Waals surface area contributed by atoms with Crippen molar-refractivity contribution in [3.63, 3.8) is 0 Å². The number of benzene rings is 4. The Morgan fingerprint density at radius 1 is 0.675 bits per heavy atom. The Kier molecular flexibility index (Phi) is 7.76. The second kappa shape index (κ2) is 11.4. The molecule has 1 unspecified atom stereocenters. The highest BCUT2D eigenvalue weighted by Gasteiger charge is 2.65. The zero-order chi connectivity index (χ0) is 27.7. The van der Waals surface area contributed by atoms with E-state index in [9.17, 15) is 4.79 Å². The van der Waals surface area contributed by atoms with Crippen molar-refractivity contribution in [3.05, 3.63) is 136 Å². The van der Waals surface area contributed by atoms with E-state index in [0.29, 0.717) is 34.5 Å². The first kappa shape index (κ1) is 27.1. The molecule has 40 heavy (non-hydrogen) atoms. The van der Waals surface area contributed by atoms with Crippen molar-refractivity contribution >= 4 is 52.0 Å². The molecule has 4 aromatic rings. The van der Waals surface area contributed by atoms with Crippen molar-refractivity contribution in [1.29, 1.82) is 0 Å². The van der Waals surface area contributed by atoms with E-state index >= 15 is 0 Å². The van der Waals surface area contributed by atoms with Gasteiger partial charge in [-0.1, -0.05) is 108 Å². The number of carbonyl (C=O) groups excluding carboxylic acids is 1. The van der Waals surface area contributed by atoms with Gasteiger partial charge in [-0.2, -0.15) is 0 Å². The summed E-state index contributed by atoms with van der Waals surface area (Å²) in [6.07, 6.45) is 0.581. The molecular formula is C33H29Cl2N3OS. The molecule has 0 aliphatic carbocycles. The highest BCUT2D eigenvalue weighted by Crippen LogP contribution is 2.47. The quantitative estimate of drug-likeness (QED) is 0.214. The average molecular weight is 587 g/mol. The molecular weight excluding hydrogens is 557 g/mol. The number of nitrogens with zero attached hydrogens (tertiary/aromatic N) is 3. The van der Waals surface area contributed by atoms with Gasteiger partial charge in [-0.25, -0.2) is 0 Å². The van der Waals surface area contributed by atoms with E-state index in [1.807, 2.05) is 72.8 Å². The van der Waals surface area contributed by atoms with Crippen LogP contribution in [0.4, 0.5) is 5.69 Å². The van der Waals surface area contributed by atoms with Crippen LogP contribution in [0.1, 0.15) is 16.7 Å². The van der Waals surface area contributed by atoms with Crippen LogP contribution < -0.4 is 4.90 Å². The van der Waals surface area contributed by atoms with Crippen LogP contribution in [0, 0.1) is 5.92 Å². The molecule has 0 aromatic heterocycles. The molecule has 0 N–H and O–H groups in total. The molecule has 0 saturated carbocycles. The fourth-order valence-corrected chi connectivity index (χ4v) is 7.00. The Morgan fingerprint density at radius 3 is 1.65 bits per heavy atom. The third-order valence-electron chi connectivity index (χ3n) is 8.00. The van der Waals surface area contributed by atoms with Gasteiger partial charge in [0.05, 0.1) is 5.92 Å².